The van der Waals surface area contributed by atoms with Crippen LogP contribution < -0.4 is 16.4 Å². The van der Waals surface area contributed by atoms with Crippen LogP contribution in [-0.2, 0) is 9.53 Å². The van der Waals surface area contributed by atoms with Gasteiger partial charge in [-0.1, -0.05) is 0 Å². The molecule has 0 unspecified atom stereocenters. The van der Waals surface area contributed by atoms with Crippen LogP contribution in [0, 0.1) is 0 Å². The third-order valence-electron chi connectivity index (χ3n) is 2.35. The summed E-state index contributed by atoms with van der Waals surface area (Å²) in [7, 11) is 0. The standard InChI is InChI=1S/C11H23N3O2/c1-10(2,3)16-9(15)6-11(12)7-13-4-5-14-8-11/h13-14H,4-8,12H2,1-3H3. The first kappa shape index (κ1) is 13.4. The van der Waals surface area contributed by atoms with E-state index in [1.54, 1.807) is 0 Å². The fraction of sp³-hybridized carbons (Fsp3) is 0.909. The molecule has 1 rings (SSSR count). The van der Waals surface area contributed by atoms with E-state index in [1.165, 1.54) is 0 Å². The highest BCUT2D eigenvalue weighted by Gasteiger charge is 2.31. The monoisotopic (exact) mass is 229 g/mol. The molecule has 5 nitrogen and oxygen atoms in total. The topological polar surface area (TPSA) is 76.4 Å². The van der Waals surface area contributed by atoms with Crippen molar-refractivity contribution < 1.29 is 9.53 Å². The highest BCUT2D eigenvalue weighted by molar-refractivity contribution is 5.71. The molecule has 1 heterocycles. The molecular weight excluding hydrogens is 206 g/mol. The maximum absolute atomic E-state index is 11.7. The van der Waals surface area contributed by atoms with Crippen LogP contribution in [0.3, 0.4) is 0 Å². The van der Waals surface area contributed by atoms with Crippen molar-refractivity contribution in [1.82, 2.24) is 10.6 Å². The quantitative estimate of drug-likeness (QED) is 0.562. The lowest BCUT2D eigenvalue weighted by Gasteiger charge is -2.28. The van der Waals surface area contributed by atoms with Crippen LogP contribution in [0.1, 0.15) is 27.2 Å². The third-order valence-corrected chi connectivity index (χ3v) is 2.35. The molecular formula is C11H23N3O2. The van der Waals surface area contributed by atoms with Gasteiger partial charge in [-0.05, 0) is 20.8 Å². The minimum Gasteiger partial charge on any atom is -0.460 e. The summed E-state index contributed by atoms with van der Waals surface area (Å²) in [5, 5.41) is 6.42. The molecule has 1 fully saturated rings. The van der Waals surface area contributed by atoms with E-state index in [-0.39, 0.29) is 12.4 Å². The molecule has 1 aliphatic heterocycles. The minimum atomic E-state index is -0.543. The zero-order chi connectivity index (χ0) is 12.2. The minimum absolute atomic E-state index is 0.236. The Labute approximate surface area is 97.1 Å². The van der Waals surface area contributed by atoms with E-state index in [0.29, 0.717) is 13.1 Å². The molecule has 0 aromatic heterocycles. The fourth-order valence-electron chi connectivity index (χ4n) is 1.70. The number of esters is 1. The van der Waals surface area contributed by atoms with Crippen molar-refractivity contribution in [3.63, 3.8) is 0 Å². The van der Waals surface area contributed by atoms with Gasteiger partial charge in [0.25, 0.3) is 0 Å². The van der Waals surface area contributed by atoms with E-state index < -0.39 is 11.1 Å². The van der Waals surface area contributed by atoms with Gasteiger partial charge in [0.15, 0.2) is 0 Å². The van der Waals surface area contributed by atoms with Gasteiger partial charge < -0.3 is 21.1 Å². The van der Waals surface area contributed by atoms with Crippen LogP contribution in [0.4, 0.5) is 0 Å². The molecule has 0 amide bonds. The summed E-state index contributed by atoms with van der Waals surface area (Å²) in [6.07, 6.45) is 0.240. The summed E-state index contributed by atoms with van der Waals surface area (Å²) in [4.78, 5) is 11.7. The van der Waals surface area contributed by atoms with Gasteiger partial charge >= 0.3 is 5.97 Å². The van der Waals surface area contributed by atoms with Gasteiger partial charge in [0.2, 0.25) is 0 Å². The number of hydrogen-bond acceptors (Lipinski definition) is 5. The maximum atomic E-state index is 11.7. The average Bonchev–Trinajstić information content (AvgIpc) is 2.25. The van der Waals surface area contributed by atoms with E-state index in [9.17, 15) is 4.79 Å². The third kappa shape index (κ3) is 4.92. The lowest BCUT2D eigenvalue weighted by molar-refractivity contribution is -0.156. The number of carbonyl (C=O) groups excluding carboxylic acids is 1. The van der Waals surface area contributed by atoms with E-state index in [0.717, 1.165) is 13.1 Å². The first-order valence-corrected chi connectivity index (χ1v) is 5.73. The molecule has 0 atom stereocenters. The zero-order valence-electron chi connectivity index (χ0n) is 10.4. The predicted molar refractivity (Wildman–Crippen MR) is 63.1 cm³/mol. The Morgan fingerprint density at radius 2 is 1.81 bits per heavy atom. The van der Waals surface area contributed by atoms with Crippen LogP contribution in [0.15, 0.2) is 0 Å². The van der Waals surface area contributed by atoms with Crippen molar-refractivity contribution in [2.75, 3.05) is 26.2 Å². The van der Waals surface area contributed by atoms with Gasteiger partial charge in [-0.15, -0.1) is 0 Å². The second-order valence-electron chi connectivity index (χ2n) is 5.48. The van der Waals surface area contributed by atoms with Gasteiger partial charge in [0.1, 0.15) is 5.60 Å². The highest BCUT2D eigenvalue weighted by atomic mass is 16.6. The number of carbonyl (C=O) groups is 1. The van der Waals surface area contributed by atoms with Crippen molar-refractivity contribution in [2.45, 2.75) is 38.3 Å². The first-order valence-electron chi connectivity index (χ1n) is 5.73. The van der Waals surface area contributed by atoms with Crippen molar-refractivity contribution in [3.8, 4) is 0 Å². The van der Waals surface area contributed by atoms with E-state index in [4.69, 9.17) is 10.5 Å². The number of ether oxygens (including phenoxy) is 1. The molecule has 1 aliphatic rings. The molecule has 0 aromatic carbocycles. The maximum Gasteiger partial charge on any atom is 0.308 e. The summed E-state index contributed by atoms with van der Waals surface area (Å²) in [6.45, 7) is 8.62. The Balaban J connectivity index is 2.47. The fourth-order valence-corrected chi connectivity index (χ4v) is 1.70. The Kier molecular flexibility index (Phi) is 4.29. The van der Waals surface area contributed by atoms with Crippen LogP contribution in [0.5, 0.6) is 0 Å². The van der Waals surface area contributed by atoms with Gasteiger partial charge in [-0.3, -0.25) is 4.79 Å². The second kappa shape index (κ2) is 5.12. The summed E-state index contributed by atoms with van der Waals surface area (Å²) in [6, 6.07) is 0. The smallest absolute Gasteiger partial charge is 0.308 e. The molecule has 0 aromatic rings. The number of rotatable bonds is 2. The Morgan fingerprint density at radius 3 is 2.25 bits per heavy atom. The second-order valence-corrected chi connectivity index (χ2v) is 5.48. The molecule has 4 N–H and O–H groups in total. The van der Waals surface area contributed by atoms with E-state index >= 15 is 0 Å². The summed E-state index contributed by atoms with van der Waals surface area (Å²) in [5.74, 6) is -0.236. The van der Waals surface area contributed by atoms with E-state index in [1.807, 2.05) is 20.8 Å². The predicted octanol–water partition coefficient (Wildman–Crippen LogP) is -0.391. The Morgan fingerprint density at radius 1 is 1.31 bits per heavy atom. The number of nitrogens with one attached hydrogen (secondary N) is 2. The summed E-state index contributed by atoms with van der Waals surface area (Å²) >= 11 is 0. The van der Waals surface area contributed by atoms with Gasteiger partial charge in [-0.25, -0.2) is 0 Å². The number of hydrogen-bond donors (Lipinski definition) is 3. The number of nitrogens with two attached hydrogens (primary N) is 1. The van der Waals surface area contributed by atoms with Gasteiger partial charge in [0.05, 0.1) is 12.0 Å². The lowest BCUT2D eigenvalue weighted by Crippen LogP contribution is -2.54. The van der Waals surface area contributed by atoms with Crippen LogP contribution in [-0.4, -0.2) is 43.3 Å². The first-order chi connectivity index (χ1) is 7.31. The average molecular weight is 229 g/mol. The molecule has 0 spiro atoms. The Bertz CT molecular complexity index is 240. The molecule has 94 valence electrons. The molecule has 5 heteroatoms. The van der Waals surface area contributed by atoms with Crippen LogP contribution in [0.25, 0.3) is 0 Å². The van der Waals surface area contributed by atoms with Crippen molar-refractivity contribution >= 4 is 5.97 Å². The van der Waals surface area contributed by atoms with Crippen LogP contribution >= 0.6 is 0 Å². The highest BCUT2D eigenvalue weighted by Crippen LogP contribution is 2.13. The van der Waals surface area contributed by atoms with Gasteiger partial charge in [-0.2, -0.15) is 0 Å². The van der Waals surface area contributed by atoms with Crippen molar-refractivity contribution in [2.24, 2.45) is 5.73 Å². The molecule has 1 saturated heterocycles. The van der Waals surface area contributed by atoms with Crippen molar-refractivity contribution in [3.05, 3.63) is 0 Å². The summed E-state index contributed by atoms with van der Waals surface area (Å²) < 4.78 is 5.27. The molecule has 16 heavy (non-hydrogen) atoms. The van der Waals surface area contributed by atoms with Crippen LogP contribution in [0.2, 0.25) is 0 Å². The van der Waals surface area contributed by atoms with Gasteiger partial charge in [0, 0.05) is 26.2 Å². The molecule has 0 aliphatic carbocycles. The zero-order valence-corrected chi connectivity index (χ0v) is 10.4. The molecule has 0 bridgehead atoms. The van der Waals surface area contributed by atoms with Crippen molar-refractivity contribution in [1.29, 1.82) is 0 Å². The normalized spacial score (nSPS) is 21.2. The molecule has 0 radical (unpaired) electrons. The Hall–Kier alpha value is -0.650. The lowest BCUT2D eigenvalue weighted by atomic mass is 9.96. The molecule has 0 saturated carbocycles. The SMILES string of the molecule is CC(C)(C)OC(=O)CC1(N)CNCCNC1. The largest absolute Gasteiger partial charge is 0.460 e. The summed E-state index contributed by atoms with van der Waals surface area (Å²) in [5.41, 5.74) is 5.16. The van der Waals surface area contributed by atoms with E-state index in [2.05, 4.69) is 10.6 Å².